The Kier molecular flexibility index (Phi) is 2.94. The first kappa shape index (κ1) is 10.8. The molecule has 1 aromatic rings. The number of halogens is 3. The van der Waals surface area contributed by atoms with Crippen molar-refractivity contribution in [3.05, 3.63) is 26.3 Å². The minimum absolute atomic E-state index is 0.222. The molecule has 0 aromatic carbocycles. The van der Waals surface area contributed by atoms with E-state index in [2.05, 4.69) is 20.9 Å². The second kappa shape index (κ2) is 3.82. The number of nitro groups is 1. The molecule has 0 saturated heterocycles. The van der Waals surface area contributed by atoms with E-state index in [1.807, 2.05) is 0 Å². The van der Waals surface area contributed by atoms with E-state index < -0.39 is 22.7 Å². The van der Waals surface area contributed by atoms with E-state index in [0.29, 0.717) is 6.20 Å². The summed E-state index contributed by atoms with van der Waals surface area (Å²) < 4.78 is 24.2. The lowest BCUT2D eigenvalue weighted by Gasteiger charge is -2.04. The van der Waals surface area contributed by atoms with Crippen molar-refractivity contribution in [1.82, 2.24) is 4.98 Å². The third kappa shape index (κ3) is 1.79. The molecule has 0 aliphatic rings. The van der Waals surface area contributed by atoms with Crippen LogP contribution in [0.2, 0.25) is 0 Å². The second-order valence-corrected chi connectivity index (χ2v) is 3.12. The van der Waals surface area contributed by atoms with Crippen LogP contribution in [-0.4, -0.2) is 9.91 Å². The maximum Gasteiger partial charge on any atom is 0.379 e. The zero-order valence-corrected chi connectivity index (χ0v) is 8.16. The largest absolute Gasteiger partial charge is 0.397 e. The predicted octanol–water partition coefficient (Wildman–Crippen LogP) is 2.27. The van der Waals surface area contributed by atoms with Crippen molar-refractivity contribution in [2.24, 2.45) is 0 Å². The van der Waals surface area contributed by atoms with Crippen molar-refractivity contribution in [3.8, 4) is 0 Å². The van der Waals surface area contributed by atoms with Crippen LogP contribution in [0, 0.1) is 10.1 Å². The molecule has 1 rings (SSSR count). The number of hydrogen-bond acceptors (Lipinski definition) is 4. The molecule has 0 aliphatic heterocycles. The Bertz CT molecular complexity index is 386. The first-order chi connectivity index (χ1) is 6.45. The Morgan fingerprint density at radius 3 is 2.64 bits per heavy atom. The quantitative estimate of drug-likeness (QED) is 0.658. The van der Waals surface area contributed by atoms with Gasteiger partial charge in [-0.25, -0.2) is 8.78 Å². The lowest BCUT2D eigenvalue weighted by Crippen LogP contribution is -2.02. The lowest BCUT2D eigenvalue weighted by molar-refractivity contribution is -0.390. The molecule has 0 fully saturated rings. The first-order valence-corrected chi connectivity index (χ1v) is 4.11. The number of anilines is 1. The average molecular weight is 268 g/mol. The number of nitrogens with zero attached hydrogens (tertiary/aromatic N) is 2. The van der Waals surface area contributed by atoms with Gasteiger partial charge in [0.25, 0.3) is 6.43 Å². The Hall–Kier alpha value is -1.31. The Labute approximate surface area is 85.2 Å². The molecular weight excluding hydrogens is 264 g/mol. The molecule has 8 heteroatoms. The summed E-state index contributed by atoms with van der Waals surface area (Å²) >= 11 is 2.74. The molecule has 0 aliphatic carbocycles. The van der Waals surface area contributed by atoms with Gasteiger partial charge in [0, 0.05) is 0 Å². The minimum atomic E-state index is -2.81. The van der Waals surface area contributed by atoms with Gasteiger partial charge in [-0.1, -0.05) is 0 Å². The van der Waals surface area contributed by atoms with Gasteiger partial charge >= 0.3 is 5.82 Å². The molecule has 0 saturated carbocycles. The number of nitrogens with two attached hydrogens (primary N) is 1. The Morgan fingerprint density at radius 1 is 1.64 bits per heavy atom. The third-order valence-electron chi connectivity index (χ3n) is 1.48. The summed E-state index contributed by atoms with van der Waals surface area (Å²) in [4.78, 5) is 12.8. The number of hydrogen-bond donors (Lipinski definition) is 1. The van der Waals surface area contributed by atoms with Gasteiger partial charge in [-0.2, -0.15) is 0 Å². The smallest absolute Gasteiger partial charge is 0.379 e. The van der Waals surface area contributed by atoms with Gasteiger partial charge in [-0.05, 0) is 25.8 Å². The molecule has 5 nitrogen and oxygen atoms in total. The van der Waals surface area contributed by atoms with Gasteiger partial charge in [0.2, 0.25) is 0 Å². The number of rotatable bonds is 2. The maximum atomic E-state index is 12.2. The number of aromatic nitrogens is 1. The van der Waals surface area contributed by atoms with Crippen LogP contribution in [-0.2, 0) is 0 Å². The number of pyridine rings is 1. The fraction of sp³-hybridized carbons (Fsp3) is 0.167. The molecule has 0 atom stereocenters. The molecule has 0 unspecified atom stereocenters. The summed E-state index contributed by atoms with van der Waals surface area (Å²) in [7, 11) is 0. The molecule has 76 valence electrons. The highest BCUT2D eigenvalue weighted by Gasteiger charge is 2.23. The highest BCUT2D eigenvalue weighted by atomic mass is 79.9. The summed E-state index contributed by atoms with van der Waals surface area (Å²) in [6.45, 7) is 0. The van der Waals surface area contributed by atoms with Crippen molar-refractivity contribution >= 4 is 27.4 Å². The van der Waals surface area contributed by atoms with E-state index in [1.165, 1.54) is 0 Å². The monoisotopic (exact) mass is 267 g/mol. The lowest BCUT2D eigenvalue weighted by atomic mass is 10.2. The van der Waals surface area contributed by atoms with Gasteiger partial charge in [0.1, 0.15) is 4.47 Å². The van der Waals surface area contributed by atoms with Crippen LogP contribution in [0.4, 0.5) is 20.3 Å². The van der Waals surface area contributed by atoms with Crippen molar-refractivity contribution in [2.75, 3.05) is 5.73 Å². The van der Waals surface area contributed by atoms with Gasteiger partial charge in [-0.15, -0.1) is 0 Å². The molecule has 0 bridgehead atoms. The van der Waals surface area contributed by atoms with E-state index >= 15 is 0 Å². The van der Waals surface area contributed by atoms with Crippen LogP contribution in [0.5, 0.6) is 0 Å². The summed E-state index contributed by atoms with van der Waals surface area (Å²) in [6.07, 6.45) is -2.11. The molecule has 1 heterocycles. The minimum Gasteiger partial charge on any atom is -0.397 e. The zero-order valence-electron chi connectivity index (χ0n) is 6.58. The summed E-state index contributed by atoms with van der Waals surface area (Å²) in [5.41, 5.74) is 4.37. The Morgan fingerprint density at radius 2 is 2.21 bits per heavy atom. The highest BCUT2D eigenvalue weighted by Crippen LogP contribution is 2.35. The van der Waals surface area contributed by atoms with Crippen molar-refractivity contribution in [3.63, 3.8) is 0 Å². The molecule has 0 spiro atoms. The van der Waals surface area contributed by atoms with Crippen LogP contribution in [0.25, 0.3) is 0 Å². The van der Waals surface area contributed by atoms with Crippen molar-refractivity contribution in [2.45, 2.75) is 6.43 Å². The summed E-state index contributed by atoms with van der Waals surface area (Å²) in [5.74, 6) is -0.577. The average Bonchev–Trinajstić information content (AvgIpc) is 2.08. The maximum absolute atomic E-state index is 12.2. The van der Waals surface area contributed by atoms with Crippen LogP contribution >= 0.6 is 15.9 Å². The fourth-order valence-electron chi connectivity index (χ4n) is 0.805. The van der Waals surface area contributed by atoms with E-state index in [-0.39, 0.29) is 10.2 Å². The second-order valence-electron chi connectivity index (χ2n) is 2.32. The third-order valence-corrected chi connectivity index (χ3v) is 2.26. The van der Waals surface area contributed by atoms with Crippen LogP contribution in [0.3, 0.4) is 0 Å². The normalized spacial score (nSPS) is 10.6. The molecular formula is C6H4BrF2N3O2. The van der Waals surface area contributed by atoms with Gasteiger partial charge < -0.3 is 15.8 Å². The Balaban J connectivity index is 3.33. The molecule has 0 amide bonds. The number of nitrogen functional groups attached to an aromatic ring is 1. The standard InChI is InChI=1S/C6H4BrF2N3O2/c7-3-4(10)2(5(8)9)1-11-6(3)12(13)14/h1,5H,(H2,10,11). The van der Waals surface area contributed by atoms with E-state index in [9.17, 15) is 18.9 Å². The van der Waals surface area contributed by atoms with E-state index in [1.54, 1.807) is 0 Å². The van der Waals surface area contributed by atoms with E-state index in [0.717, 1.165) is 0 Å². The van der Waals surface area contributed by atoms with Crippen molar-refractivity contribution in [1.29, 1.82) is 0 Å². The predicted molar refractivity (Wildman–Crippen MR) is 48.0 cm³/mol. The van der Waals surface area contributed by atoms with Crippen molar-refractivity contribution < 1.29 is 13.7 Å². The van der Waals surface area contributed by atoms with Crippen LogP contribution in [0.15, 0.2) is 10.7 Å². The van der Waals surface area contributed by atoms with Gasteiger partial charge in [0.05, 0.1) is 11.3 Å². The highest BCUT2D eigenvalue weighted by molar-refractivity contribution is 9.10. The van der Waals surface area contributed by atoms with E-state index in [4.69, 9.17) is 5.73 Å². The molecule has 2 N–H and O–H groups in total. The SMILES string of the molecule is Nc1c(C(F)F)cnc([N+](=O)[O-])c1Br. The van der Waals surface area contributed by atoms with Gasteiger partial charge in [-0.3, -0.25) is 0 Å². The van der Waals surface area contributed by atoms with Gasteiger partial charge in [0.15, 0.2) is 6.20 Å². The molecule has 14 heavy (non-hydrogen) atoms. The number of alkyl halides is 2. The first-order valence-electron chi connectivity index (χ1n) is 3.31. The fourth-order valence-corrected chi connectivity index (χ4v) is 1.28. The summed E-state index contributed by atoms with van der Waals surface area (Å²) in [5, 5.41) is 10.3. The zero-order chi connectivity index (χ0) is 10.9. The topological polar surface area (TPSA) is 82.0 Å². The van der Waals surface area contributed by atoms with Crippen LogP contribution < -0.4 is 5.73 Å². The molecule has 1 aromatic heterocycles. The van der Waals surface area contributed by atoms with Crippen LogP contribution in [0.1, 0.15) is 12.0 Å². The summed E-state index contributed by atoms with van der Waals surface area (Å²) in [6, 6.07) is 0. The molecule has 0 radical (unpaired) electrons.